The molecule has 3 heterocycles. The minimum atomic E-state index is -4.30. The summed E-state index contributed by atoms with van der Waals surface area (Å²) in [7, 11) is -2.54. The number of hydrogen-bond acceptors (Lipinski definition) is 6. The first kappa shape index (κ1) is 24.6. The number of nitrogens with zero attached hydrogens (tertiary/aromatic N) is 4. The molecule has 37 heavy (non-hydrogen) atoms. The summed E-state index contributed by atoms with van der Waals surface area (Å²) in [4.78, 5) is 26.2. The first-order valence-electron chi connectivity index (χ1n) is 11.6. The van der Waals surface area contributed by atoms with Crippen LogP contribution in [0.15, 0.2) is 48.7 Å². The topological polar surface area (TPSA) is 126 Å². The smallest absolute Gasteiger partial charge is 0.326 e. The summed E-state index contributed by atoms with van der Waals surface area (Å²) in [6.07, 6.45) is 1.97. The van der Waals surface area contributed by atoms with Gasteiger partial charge < -0.3 is 15.0 Å². The number of aromatic nitrogens is 2. The van der Waals surface area contributed by atoms with Gasteiger partial charge in [-0.2, -0.15) is 13.5 Å². The second-order valence-electron chi connectivity index (χ2n) is 8.76. The second kappa shape index (κ2) is 9.73. The Labute approximate surface area is 213 Å². The van der Waals surface area contributed by atoms with E-state index in [-0.39, 0.29) is 42.7 Å². The predicted octanol–water partition coefficient (Wildman–Crippen LogP) is 1.59. The molecule has 0 bridgehead atoms. The number of halogens is 1. The highest BCUT2D eigenvalue weighted by atomic mass is 32.2. The summed E-state index contributed by atoms with van der Waals surface area (Å²) < 4.78 is 51.4. The summed E-state index contributed by atoms with van der Waals surface area (Å²) >= 11 is 0. The van der Waals surface area contributed by atoms with E-state index in [2.05, 4.69) is 10.4 Å². The molecule has 5 rings (SSSR count). The van der Waals surface area contributed by atoms with Gasteiger partial charge in [-0.3, -0.25) is 9.48 Å². The fourth-order valence-corrected chi connectivity index (χ4v) is 5.53. The van der Waals surface area contributed by atoms with Gasteiger partial charge in [0.25, 0.3) is 5.91 Å². The molecule has 1 fully saturated rings. The van der Waals surface area contributed by atoms with E-state index in [0.717, 1.165) is 11.3 Å². The lowest BCUT2D eigenvalue weighted by Crippen LogP contribution is -2.43. The number of carbonyl (C=O) groups excluding carboxylic acids is 2. The summed E-state index contributed by atoms with van der Waals surface area (Å²) in [5, 5.41) is 6.87. The Kier molecular flexibility index (Phi) is 6.46. The highest BCUT2D eigenvalue weighted by molar-refractivity contribution is 7.92. The van der Waals surface area contributed by atoms with E-state index in [1.807, 2.05) is 35.1 Å². The van der Waals surface area contributed by atoms with Gasteiger partial charge in [0.05, 0.1) is 18.8 Å². The van der Waals surface area contributed by atoms with E-state index in [1.165, 1.54) is 4.90 Å². The first-order valence-corrected chi connectivity index (χ1v) is 13.0. The highest BCUT2D eigenvalue weighted by Gasteiger charge is 2.39. The fraction of sp³-hybridized carbons (Fsp3) is 0.292. The Morgan fingerprint density at radius 2 is 2.00 bits per heavy atom. The van der Waals surface area contributed by atoms with Crippen molar-refractivity contribution < 1.29 is 27.1 Å². The molecule has 2 aromatic carbocycles. The van der Waals surface area contributed by atoms with Crippen LogP contribution in [0.1, 0.15) is 22.4 Å². The number of anilines is 1. The molecule has 0 aliphatic carbocycles. The Hall–Kier alpha value is -4.13. The molecule has 0 spiro atoms. The number of hydrogen-bond donors (Lipinski definition) is 2. The van der Waals surface area contributed by atoms with Gasteiger partial charge in [-0.05, 0) is 29.7 Å². The molecule has 0 atom stereocenters. The van der Waals surface area contributed by atoms with Gasteiger partial charge in [-0.1, -0.05) is 30.3 Å². The molecule has 2 aliphatic heterocycles. The van der Waals surface area contributed by atoms with Crippen molar-refractivity contribution in [3.8, 4) is 5.75 Å². The Morgan fingerprint density at radius 1 is 1.22 bits per heavy atom. The lowest BCUT2D eigenvalue weighted by atomic mass is 9.97. The zero-order valence-electron chi connectivity index (χ0n) is 20.0. The van der Waals surface area contributed by atoms with Crippen molar-refractivity contribution in [1.29, 1.82) is 0 Å². The van der Waals surface area contributed by atoms with Crippen molar-refractivity contribution in [1.82, 2.24) is 24.7 Å². The predicted molar refractivity (Wildman–Crippen MR) is 131 cm³/mol. The molecule has 13 heteroatoms. The third-order valence-corrected chi connectivity index (χ3v) is 7.71. The number of carbonyl (C=O) groups is 2. The van der Waals surface area contributed by atoms with Crippen LogP contribution >= 0.6 is 0 Å². The maximum atomic E-state index is 16.1. The van der Waals surface area contributed by atoms with Crippen LogP contribution in [-0.2, 0) is 48.2 Å². The van der Waals surface area contributed by atoms with Gasteiger partial charge in [0.2, 0.25) is 0 Å². The van der Waals surface area contributed by atoms with E-state index in [1.54, 1.807) is 30.1 Å². The number of rotatable bonds is 6. The standard InChI is InChI=1S/C24H25FN6O5S/c1-29-18(7-9-27-29)12-26-24(33)30-10-8-17-11-20(36-15-16-5-3-2-4-6-16)23(22(25)19(17)13-30)31-14-21(32)28-37(31,34)35/h2-7,9,11H,8,10,12-15H2,1H3,(H,26,33)(H,28,32). The number of urea groups is 1. The number of nitrogens with one attached hydrogen (secondary N) is 2. The highest BCUT2D eigenvalue weighted by Crippen LogP contribution is 2.40. The fourth-order valence-electron chi connectivity index (χ4n) is 4.37. The van der Waals surface area contributed by atoms with E-state index >= 15 is 4.39 Å². The number of ether oxygens (including phenoxy) is 1. The minimum Gasteiger partial charge on any atom is -0.487 e. The van der Waals surface area contributed by atoms with Crippen LogP contribution < -0.4 is 19.1 Å². The summed E-state index contributed by atoms with van der Waals surface area (Å²) in [5.41, 5.74) is 2.04. The van der Waals surface area contributed by atoms with Crippen molar-refractivity contribution in [3.05, 3.63) is 76.9 Å². The molecule has 2 N–H and O–H groups in total. The Bertz CT molecular complexity index is 1460. The minimum absolute atomic E-state index is 0.00860. The number of benzene rings is 2. The van der Waals surface area contributed by atoms with Gasteiger partial charge in [0.15, 0.2) is 5.82 Å². The lowest BCUT2D eigenvalue weighted by Gasteiger charge is -2.31. The molecule has 194 valence electrons. The third-order valence-electron chi connectivity index (χ3n) is 6.34. The molecular weight excluding hydrogens is 503 g/mol. The van der Waals surface area contributed by atoms with Crippen molar-refractivity contribution in [2.24, 2.45) is 7.05 Å². The summed E-state index contributed by atoms with van der Waals surface area (Å²) in [5.74, 6) is -1.61. The van der Waals surface area contributed by atoms with Gasteiger partial charge in [-0.25, -0.2) is 18.2 Å². The molecule has 0 radical (unpaired) electrons. The zero-order chi connectivity index (χ0) is 26.2. The molecule has 1 aromatic heterocycles. The van der Waals surface area contributed by atoms with Crippen LogP contribution in [0.25, 0.3) is 0 Å². The largest absolute Gasteiger partial charge is 0.487 e. The summed E-state index contributed by atoms with van der Waals surface area (Å²) in [6.45, 7) is 0.0137. The average molecular weight is 529 g/mol. The van der Waals surface area contributed by atoms with Crippen molar-refractivity contribution in [3.63, 3.8) is 0 Å². The van der Waals surface area contributed by atoms with Gasteiger partial charge >= 0.3 is 16.2 Å². The average Bonchev–Trinajstić information content (AvgIpc) is 3.41. The van der Waals surface area contributed by atoms with Crippen LogP contribution in [0.5, 0.6) is 5.75 Å². The van der Waals surface area contributed by atoms with E-state index in [4.69, 9.17) is 4.74 Å². The molecule has 3 aromatic rings. The molecule has 11 nitrogen and oxygen atoms in total. The second-order valence-corrected chi connectivity index (χ2v) is 10.4. The summed E-state index contributed by atoms with van der Waals surface area (Å²) in [6, 6.07) is 12.1. The van der Waals surface area contributed by atoms with Crippen LogP contribution in [0.2, 0.25) is 0 Å². The maximum absolute atomic E-state index is 16.1. The quantitative estimate of drug-likeness (QED) is 0.501. The molecular formula is C24H25FN6O5S. The van der Waals surface area contributed by atoms with Crippen molar-refractivity contribution >= 4 is 27.8 Å². The first-order chi connectivity index (χ1) is 17.7. The molecule has 2 aliphatic rings. The zero-order valence-corrected chi connectivity index (χ0v) is 20.8. The van der Waals surface area contributed by atoms with Crippen LogP contribution in [-0.4, -0.2) is 48.1 Å². The van der Waals surface area contributed by atoms with Crippen LogP contribution in [0.3, 0.4) is 0 Å². The molecule has 0 saturated carbocycles. The Balaban J connectivity index is 1.44. The van der Waals surface area contributed by atoms with Gasteiger partial charge in [0.1, 0.15) is 24.6 Å². The van der Waals surface area contributed by atoms with Gasteiger partial charge in [-0.15, -0.1) is 0 Å². The molecule has 1 saturated heterocycles. The van der Waals surface area contributed by atoms with Crippen molar-refractivity contribution in [2.75, 3.05) is 17.4 Å². The number of amides is 3. The SMILES string of the molecule is Cn1nccc1CNC(=O)N1CCc2cc(OCc3ccccc3)c(N3CC(=O)NS3(=O)=O)c(F)c2C1. The van der Waals surface area contributed by atoms with Gasteiger partial charge in [0, 0.05) is 25.4 Å². The molecule has 3 amide bonds. The number of fused-ring (bicyclic) bond motifs is 1. The maximum Gasteiger partial charge on any atom is 0.326 e. The van der Waals surface area contributed by atoms with Crippen molar-refractivity contribution in [2.45, 2.75) is 26.1 Å². The lowest BCUT2D eigenvalue weighted by molar-refractivity contribution is -0.117. The number of aryl methyl sites for hydroxylation is 1. The normalized spacial score (nSPS) is 16.3. The van der Waals surface area contributed by atoms with E-state index < -0.39 is 28.5 Å². The third kappa shape index (κ3) is 4.94. The van der Waals surface area contributed by atoms with Crippen LogP contribution in [0.4, 0.5) is 14.9 Å². The van der Waals surface area contributed by atoms with Crippen LogP contribution in [0, 0.1) is 5.82 Å². The Morgan fingerprint density at radius 3 is 2.68 bits per heavy atom. The van der Waals surface area contributed by atoms with E-state index in [0.29, 0.717) is 22.8 Å². The van der Waals surface area contributed by atoms with E-state index in [9.17, 15) is 18.0 Å². The molecule has 0 unspecified atom stereocenters. The monoisotopic (exact) mass is 528 g/mol.